The van der Waals surface area contributed by atoms with Crippen LogP contribution in [0.2, 0.25) is 74.6 Å². The smallest absolute Gasteiger partial charge is 0.262 e. The molecule has 28 nitrogen and oxygen atoms in total. The zero-order chi connectivity index (χ0) is 96.4. The van der Waals surface area contributed by atoms with E-state index in [1.54, 1.807) is 55.7 Å². The third-order valence-electron chi connectivity index (χ3n) is 27.1. The van der Waals surface area contributed by atoms with Crippen molar-refractivity contribution in [1.82, 2.24) is 48.5 Å². The molecule has 15 atom stereocenters. The minimum absolute atomic E-state index is 0.0350. The Hall–Kier alpha value is -6.95. The number of carbonyl (C=O) groups is 2. The Kier molecular flexibility index (Phi) is 30.9. The van der Waals surface area contributed by atoms with E-state index in [1.165, 1.54) is 24.6 Å². The molecule has 5 N–H and O–H groups in total. The van der Waals surface area contributed by atoms with Gasteiger partial charge >= 0.3 is 0 Å². The van der Waals surface area contributed by atoms with Gasteiger partial charge in [0.15, 0.2) is 61.0 Å². The van der Waals surface area contributed by atoms with Crippen LogP contribution in [-0.2, 0) is 75.2 Å². The minimum atomic E-state index is -2.06. The predicted octanol–water partition coefficient (Wildman–Crippen LogP) is 19.5. The summed E-state index contributed by atoms with van der Waals surface area (Å²) >= 11 is 25.7. The summed E-state index contributed by atoms with van der Waals surface area (Å²) in [4.78, 5) is 56.1. The lowest BCUT2D eigenvalue weighted by atomic mass is 9.90. The molecule has 0 radical (unpaired) electrons. The van der Waals surface area contributed by atoms with Gasteiger partial charge in [-0.3, -0.25) is 14.5 Å². The van der Waals surface area contributed by atoms with Crippen molar-refractivity contribution in [3.8, 4) is 0 Å². The maximum atomic E-state index is 14.3. The number of hydrogen-bond acceptors (Lipinski definition) is 24. The second kappa shape index (κ2) is 39.9. The van der Waals surface area contributed by atoms with Gasteiger partial charge in [-0.2, -0.15) is 0 Å². The molecular formula is C97H131Cl4N11O17Si3. The van der Waals surface area contributed by atoms with E-state index in [9.17, 15) is 19.8 Å². The number of hydrogen-bond donors (Lipinski definition) is 4. The summed E-state index contributed by atoms with van der Waals surface area (Å²) in [6, 6.07) is 28.5. The Morgan fingerprint density at radius 1 is 0.439 bits per heavy atom. The largest absolute Gasteiger partial charge is 0.416 e. The molecule has 0 saturated carbocycles. The van der Waals surface area contributed by atoms with Crippen LogP contribution in [0.4, 0.5) is 0 Å². The number of aliphatic hydroxyl groups excluding tert-OH is 3. The van der Waals surface area contributed by atoms with Gasteiger partial charge in [0.25, 0.3) is 11.8 Å². The molecule has 7 aliphatic heterocycles. The maximum Gasteiger partial charge on any atom is 0.262 e. The average molecular weight is 1950 g/mol. The van der Waals surface area contributed by atoms with Gasteiger partial charge in [0.1, 0.15) is 108 Å². The zero-order valence-corrected chi connectivity index (χ0v) is 86.5. The Labute approximate surface area is 797 Å². The van der Waals surface area contributed by atoms with Crippen LogP contribution in [0.3, 0.4) is 0 Å². The van der Waals surface area contributed by atoms with E-state index in [0.29, 0.717) is 87.1 Å². The predicted molar refractivity (Wildman–Crippen MR) is 518 cm³/mol. The van der Waals surface area contributed by atoms with Crippen LogP contribution in [0, 0.1) is 13.8 Å². The summed E-state index contributed by atoms with van der Waals surface area (Å²) in [5.74, 6) is -3.38. The van der Waals surface area contributed by atoms with Crippen LogP contribution in [0.15, 0.2) is 135 Å². The third kappa shape index (κ3) is 21.2. The molecular weight excluding hydrogens is 1820 g/mol. The molecule has 716 valence electrons. The number of aliphatic hydroxyl groups is 3. The highest BCUT2D eigenvalue weighted by Gasteiger charge is 2.63. The van der Waals surface area contributed by atoms with Crippen LogP contribution >= 0.6 is 46.4 Å². The fraction of sp³-hybridized carbons (Fsp3) is 0.546. The van der Waals surface area contributed by atoms with Crippen molar-refractivity contribution in [3.05, 3.63) is 211 Å². The number of benzene rings is 4. The molecule has 0 unspecified atom stereocenters. The maximum absolute atomic E-state index is 14.3. The van der Waals surface area contributed by atoms with E-state index in [0.717, 1.165) is 61.2 Å². The summed E-state index contributed by atoms with van der Waals surface area (Å²) in [7, 11) is -4.39. The number of amides is 2. The molecule has 0 aliphatic carbocycles. The van der Waals surface area contributed by atoms with Crippen molar-refractivity contribution >= 4 is 116 Å². The molecule has 6 fully saturated rings. The number of fused-ring (bicyclic) bond motifs is 7. The topological polar surface area (TPSA) is 327 Å². The highest BCUT2D eigenvalue weighted by atomic mass is 35.5. The van der Waals surface area contributed by atoms with Crippen LogP contribution < -0.4 is 5.73 Å². The van der Waals surface area contributed by atoms with Crippen LogP contribution in [-0.4, -0.2) is 206 Å². The fourth-order valence-corrected chi connectivity index (χ4v) is 21.3. The van der Waals surface area contributed by atoms with Crippen molar-refractivity contribution in [1.29, 1.82) is 0 Å². The highest BCUT2D eigenvalue weighted by Crippen LogP contribution is 2.54. The third-order valence-corrected chi connectivity index (χ3v) is 41.7. The molecule has 0 bridgehead atoms. The van der Waals surface area contributed by atoms with E-state index < -0.39 is 134 Å². The molecule has 4 aromatic carbocycles. The van der Waals surface area contributed by atoms with Gasteiger partial charge in [0.05, 0.1) is 33.9 Å². The fourth-order valence-electron chi connectivity index (χ4n) is 17.4. The molecule has 6 saturated heterocycles. The number of nitrogens with two attached hydrogens (primary N) is 1. The van der Waals surface area contributed by atoms with Gasteiger partial charge in [-0.25, -0.2) is 29.9 Å². The average Bonchev–Trinajstić information content (AvgIpc) is 1.53. The number of ether oxygens (including phenoxy) is 9. The van der Waals surface area contributed by atoms with E-state index in [4.69, 9.17) is 107 Å². The van der Waals surface area contributed by atoms with Crippen LogP contribution in [0.25, 0.3) is 33.1 Å². The Morgan fingerprint density at radius 3 is 1.08 bits per heavy atom. The summed E-state index contributed by atoms with van der Waals surface area (Å²) in [6.07, 6.45) is 2.97. The monoisotopic (exact) mass is 1950 g/mol. The molecule has 7 aliphatic rings. The summed E-state index contributed by atoms with van der Waals surface area (Å²) in [5, 5.41) is 36.1. The molecule has 132 heavy (non-hydrogen) atoms. The number of rotatable bonds is 22. The standard InChI is InChI=1S/C37H43ClN4O6Si.C29H40ClN3O5Si.C28H37Cl2N3O5Si.C2H6O.CH5N/c1-21-24-15-17-41(32(24)40-20-39-21)35-31-30(47-37(5,6)48-31)29(46-35)28(42-33(43)26-11-9-10-12-27(26)34(42)44)25-14-13-23(38)19-22(25)16-18-45-49(7,8)36(2,3)4;1-17-20-11-13-33(26(20)32-16-31-17)27-25-24(37-29(5,6)38-25)23(36-27)22(34)21-10-9-19(30)15-18(21)12-14-35-39(7,8)28(2,3)4;1-27(2,3)39(6,7)35-13-11-16-14-17(29)8-9-18(16)20(34)21-22-23(38-28(4,5)37-22)26(36-21)33-12-10-19-24(30)31-15-32-25(19)33;1-2-3;1-2/h9-15,17,19-20,28-31,35H,16,18H2,1-8H3;9-11,13,15-16,22-25,27,34H,12,14H2,1-8H3;8-10,12,14-15,20-23,26,34H,11,13H2,1-7H3;3H,2H2,1H3;2H2,1H3/t28-,29-,30-,31-,35-;22-,23-,24-,25-,27-;20-,21-,22-,23-,26-;;/m111../s1. The lowest BCUT2D eigenvalue weighted by Gasteiger charge is -2.37. The zero-order valence-electron chi connectivity index (χ0n) is 80.4. The highest BCUT2D eigenvalue weighted by molar-refractivity contribution is 6.75. The van der Waals surface area contributed by atoms with Crippen LogP contribution in [0.1, 0.15) is 213 Å². The minimum Gasteiger partial charge on any atom is -0.416 e. The first-order valence-electron chi connectivity index (χ1n) is 45.2. The van der Waals surface area contributed by atoms with Gasteiger partial charge < -0.3 is 90.7 Å². The molecule has 0 spiro atoms. The first-order chi connectivity index (χ1) is 61.9. The van der Waals surface area contributed by atoms with E-state index >= 15 is 0 Å². The number of aromatic nitrogens is 9. The summed E-state index contributed by atoms with van der Waals surface area (Å²) in [5.41, 5.74) is 14.0. The van der Waals surface area contributed by atoms with Crippen molar-refractivity contribution in [3.63, 3.8) is 0 Å². The van der Waals surface area contributed by atoms with E-state index in [2.05, 4.69) is 137 Å². The van der Waals surface area contributed by atoms with Gasteiger partial charge in [0.2, 0.25) is 0 Å². The van der Waals surface area contributed by atoms with Crippen molar-refractivity contribution in [2.24, 2.45) is 5.73 Å². The number of carbonyl (C=O) groups excluding carboxylic acids is 2. The molecule has 35 heteroatoms. The molecule has 6 aromatic heterocycles. The lowest BCUT2D eigenvalue weighted by Crippen LogP contribution is -2.46. The van der Waals surface area contributed by atoms with Gasteiger partial charge in [-0.05, 0) is 243 Å². The number of halogens is 4. The normalized spacial score (nSPS) is 24.4. The molecule has 17 rings (SSSR count). The van der Waals surface area contributed by atoms with Crippen LogP contribution in [0.5, 0.6) is 0 Å². The number of imide groups is 1. The molecule has 2 amide bonds. The quantitative estimate of drug-likeness (QED) is 0.0278. The van der Waals surface area contributed by atoms with Gasteiger partial charge in [0, 0.05) is 70.9 Å². The first kappa shape index (κ1) is 102. The Bertz CT molecular complexity index is 5540. The number of nitrogens with zero attached hydrogens (tertiary/aromatic N) is 10. The lowest BCUT2D eigenvalue weighted by molar-refractivity contribution is -0.207. The number of aryl methyl sites for hydroxylation is 2. The molecule has 10 aromatic rings. The van der Waals surface area contributed by atoms with E-state index in [1.807, 2.05) is 142 Å². The van der Waals surface area contributed by atoms with Crippen molar-refractivity contribution in [2.75, 3.05) is 33.5 Å². The molecule has 13 heterocycles. The summed E-state index contributed by atoms with van der Waals surface area (Å²) < 4.78 is 83.6. The SMILES string of the molecule is CC1(C)O[C@H]2[C@@H](O1)[C@H](n1ccc3c(Cl)ncnc31)O[C@@H]2[C@H](O)c1ccc(Cl)cc1CCO[Si](C)(C)C(C)(C)C.CCO.CN.Cc1ncnc2c1ccn2[C@@H]1O[C@H]([C@@H](c2ccc(Cl)cc2CCO[Si](C)(C)C(C)(C)C)N2C(=O)c3ccccc3C2=O)[C@H]2OC(C)(C)O[C@H]21.Cc1ncnc2c1ccn2[C@@H]1O[C@H]([C@H](O)c2ccc(Cl)cc2CCO[Si](C)(C)C(C)(C)C)[C@H]2OC(C)(C)O[C@H]21. The van der Waals surface area contributed by atoms with Crippen molar-refractivity contribution in [2.45, 2.75) is 308 Å². The Morgan fingerprint density at radius 2 is 0.735 bits per heavy atom. The second-order valence-corrected chi connectivity index (χ2v) is 56.5. The first-order valence-corrected chi connectivity index (χ1v) is 55.4. The van der Waals surface area contributed by atoms with Gasteiger partial charge in [-0.1, -0.05) is 139 Å². The summed E-state index contributed by atoms with van der Waals surface area (Å²) in [6.45, 7) is 51.9. The van der Waals surface area contributed by atoms with Crippen molar-refractivity contribution < 1.29 is 80.8 Å². The Balaban J connectivity index is 0.000000166. The second-order valence-electron chi connectivity index (χ2n) is 40.4. The van der Waals surface area contributed by atoms with E-state index in [-0.39, 0.29) is 33.5 Å². The van der Waals surface area contributed by atoms with Gasteiger partial charge in [-0.15, -0.1) is 0 Å².